The van der Waals surface area contributed by atoms with E-state index in [9.17, 15) is 8.78 Å². The van der Waals surface area contributed by atoms with Crippen molar-refractivity contribution in [3.05, 3.63) is 29.8 Å². The second-order valence-electron chi connectivity index (χ2n) is 6.24. The fraction of sp³-hybridized carbons (Fsp3) is 0.600. The summed E-state index contributed by atoms with van der Waals surface area (Å²) in [5, 5.41) is 0. The van der Waals surface area contributed by atoms with Crippen molar-refractivity contribution in [2.45, 2.75) is 51.9 Å². The van der Waals surface area contributed by atoms with Crippen LogP contribution >= 0.6 is 0 Å². The minimum Gasteiger partial charge on any atom is -0.399 e. The Hall–Kier alpha value is -0.975. The number of benzene rings is 1. The molecule has 6 heteroatoms. The van der Waals surface area contributed by atoms with Crippen molar-refractivity contribution in [3.8, 4) is 0 Å². The topological polar surface area (TPSA) is 27.7 Å². The van der Waals surface area contributed by atoms with Crippen LogP contribution in [0, 0.1) is 0 Å². The van der Waals surface area contributed by atoms with Gasteiger partial charge in [-0.25, -0.2) is 8.78 Å². The van der Waals surface area contributed by atoms with E-state index in [1.807, 2.05) is 52.0 Å². The third-order valence-corrected chi connectivity index (χ3v) is 3.99. The van der Waals surface area contributed by atoms with Crippen molar-refractivity contribution in [1.82, 2.24) is 0 Å². The van der Waals surface area contributed by atoms with Crippen molar-refractivity contribution >= 4 is 12.6 Å². The molecule has 1 aromatic rings. The SMILES string of the molecule is CC1(C)OB(c2cccc(COCC(F)F)c2)OC1(C)C. The average molecular weight is 298 g/mol. The van der Waals surface area contributed by atoms with Crippen molar-refractivity contribution in [2.24, 2.45) is 0 Å². The highest BCUT2D eigenvalue weighted by Gasteiger charge is 2.51. The molecular formula is C15H21BF2O3. The lowest BCUT2D eigenvalue weighted by Gasteiger charge is -2.32. The third kappa shape index (κ3) is 3.81. The van der Waals surface area contributed by atoms with E-state index in [-0.39, 0.29) is 6.61 Å². The Morgan fingerprint density at radius 3 is 2.33 bits per heavy atom. The summed E-state index contributed by atoms with van der Waals surface area (Å²) >= 11 is 0. The van der Waals surface area contributed by atoms with Gasteiger partial charge in [0, 0.05) is 0 Å². The van der Waals surface area contributed by atoms with Crippen LogP contribution in [0.3, 0.4) is 0 Å². The van der Waals surface area contributed by atoms with Gasteiger partial charge in [0.1, 0.15) is 6.61 Å². The molecular weight excluding hydrogens is 277 g/mol. The molecule has 0 bridgehead atoms. The van der Waals surface area contributed by atoms with Gasteiger partial charge in [0.05, 0.1) is 17.8 Å². The van der Waals surface area contributed by atoms with Crippen LogP contribution in [0.5, 0.6) is 0 Å². The van der Waals surface area contributed by atoms with Gasteiger partial charge in [-0.1, -0.05) is 24.3 Å². The predicted molar refractivity (Wildman–Crippen MR) is 77.8 cm³/mol. The van der Waals surface area contributed by atoms with Crippen molar-refractivity contribution in [2.75, 3.05) is 6.61 Å². The second kappa shape index (κ2) is 6.03. The summed E-state index contributed by atoms with van der Waals surface area (Å²) < 4.78 is 41.0. The van der Waals surface area contributed by atoms with E-state index < -0.39 is 31.4 Å². The molecule has 116 valence electrons. The fourth-order valence-electron chi connectivity index (χ4n) is 2.07. The molecule has 0 unspecified atom stereocenters. The van der Waals surface area contributed by atoms with Gasteiger partial charge in [-0.3, -0.25) is 0 Å². The van der Waals surface area contributed by atoms with Gasteiger partial charge >= 0.3 is 7.12 Å². The zero-order valence-electron chi connectivity index (χ0n) is 12.9. The molecule has 21 heavy (non-hydrogen) atoms. The molecule has 1 aliphatic heterocycles. The molecule has 0 spiro atoms. The Morgan fingerprint density at radius 1 is 1.14 bits per heavy atom. The van der Waals surface area contributed by atoms with E-state index in [0.29, 0.717) is 0 Å². The highest BCUT2D eigenvalue weighted by atomic mass is 19.3. The first-order valence-electron chi connectivity index (χ1n) is 7.02. The van der Waals surface area contributed by atoms with Crippen LogP contribution in [0.2, 0.25) is 0 Å². The Kier molecular flexibility index (Phi) is 4.71. The van der Waals surface area contributed by atoms with Gasteiger partial charge in [0.15, 0.2) is 0 Å². The first-order valence-corrected chi connectivity index (χ1v) is 7.02. The van der Waals surface area contributed by atoms with Crippen LogP contribution in [-0.4, -0.2) is 31.4 Å². The van der Waals surface area contributed by atoms with Gasteiger partial charge in [0.25, 0.3) is 6.43 Å². The summed E-state index contributed by atoms with van der Waals surface area (Å²) in [6, 6.07) is 7.45. The molecule has 1 heterocycles. The minimum absolute atomic E-state index is 0.150. The van der Waals surface area contributed by atoms with Crippen molar-refractivity contribution in [3.63, 3.8) is 0 Å². The average Bonchev–Trinajstić information content (AvgIpc) is 2.58. The van der Waals surface area contributed by atoms with E-state index >= 15 is 0 Å². The number of halogens is 2. The second-order valence-corrected chi connectivity index (χ2v) is 6.24. The van der Waals surface area contributed by atoms with Gasteiger partial charge < -0.3 is 14.0 Å². The smallest absolute Gasteiger partial charge is 0.399 e. The van der Waals surface area contributed by atoms with E-state index in [1.54, 1.807) is 0 Å². The Morgan fingerprint density at radius 2 is 1.76 bits per heavy atom. The standard InChI is InChI=1S/C15H21BF2O3/c1-14(2)15(3,4)21-16(20-14)12-7-5-6-11(8-12)9-19-10-13(17)18/h5-8,13H,9-10H2,1-4H3. The fourth-order valence-corrected chi connectivity index (χ4v) is 2.07. The minimum atomic E-state index is -2.45. The molecule has 1 aromatic carbocycles. The highest BCUT2D eigenvalue weighted by Crippen LogP contribution is 2.36. The summed E-state index contributed by atoms with van der Waals surface area (Å²) in [7, 11) is -0.454. The largest absolute Gasteiger partial charge is 0.494 e. The Labute approximate surface area is 124 Å². The molecule has 1 saturated heterocycles. The molecule has 0 atom stereocenters. The maximum Gasteiger partial charge on any atom is 0.494 e. The molecule has 1 fully saturated rings. The first-order chi connectivity index (χ1) is 9.71. The van der Waals surface area contributed by atoms with E-state index in [2.05, 4.69) is 0 Å². The van der Waals surface area contributed by atoms with Crippen LogP contribution in [0.1, 0.15) is 33.3 Å². The third-order valence-electron chi connectivity index (χ3n) is 3.99. The Balaban J connectivity index is 2.05. The lowest BCUT2D eigenvalue weighted by Crippen LogP contribution is -2.41. The molecule has 3 nitrogen and oxygen atoms in total. The number of hydrogen-bond donors (Lipinski definition) is 0. The van der Waals surface area contributed by atoms with Gasteiger partial charge in [-0.2, -0.15) is 0 Å². The number of rotatable bonds is 5. The molecule has 0 radical (unpaired) electrons. The number of alkyl halides is 2. The van der Waals surface area contributed by atoms with Gasteiger partial charge in [0.2, 0.25) is 0 Å². The zero-order valence-corrected chi connectivity index (χ0v) is 12.9. The normalized spacial score (nSPS) is 20.2. The summed E-state index contributed by atoms with van der Waals surface area (Å²) in [6.07, 6.45) is -2.45. The molecule has 0 aliphatic carbocycles. The van der Waals surface area contributed by atoms with Crippen LogP contribution < -0.4 is 5.46 Å². The van der Waals surface area contributed by atoms with Gasteiger partial charge in [-0.15, -0.1) is 0 Å². The Bertz CT molecular complexity index is 476. The molecule has 0 amide bonds. The number of ether oxygens (including phenoxy) is 1. The highest BCUT2D eigenvalue weighted by molar-refractivity contribution is 6.62. The molecule has 0 saturated carbocycles. The molecule has 0 aromatic heterocycles. The van der Waals surface area contributed by atoms with Crippen LogP contribution in [0.15, 0.2) is 24.3 Å². The molecule has 2 rings (SSSR count). The van der Waals surface area contributed by atoms with E-state index in [1.165, 1.54) is 0 Å². The monoisotopic (exact) mass is 298 g/mol. The first kappa shape index (κ1) is 16.4. The van der Waals surface area contributed by atoms with Crippen LogP contribution in [-0.2, 0) is 20.7 Å². The lowest BCUT2D eigenvalue weighted by atomic mass is 9.78. The maximum atomic E-state index is 12.1. The summed E-state index contributed by atoms with van der Waals surface area (Å²) in [5.74, 6) is 0. The van der Waals surface area contributed by atoms with E-state index in [0.717, 1.165) is 11.0 Å². The summed E-state index contributed by atoms with van der Waals surface area (Å²) in [5.41, 5.74) is 0.884. The quantitative estimate of drug-likeness (QED) is 0.782. The van der Waals surface area contributed by atoms with Gasteiger partial charge in [-0.05, 0) is 38.7 Å². The number of hydrogen-bond acceptors (Lipinski definition) is 3. The molecule has 1 aliphatic rings. The zero-order chi connectivity index (χ0) is 15.7. The van der Waals surface area contributed by atoms with E-state index in [4.69, 9.17) is 14.0 Å². The van der Waals surface area contributed by atoms with Crippen LogP contribution in [0.4, 0.5) is 8.78 Å². The molecule has 0 N–H and O–H groups in total. The predicted octanol–water partition coefficient (Wildman–Crippen LogP) is 2.77. The van der Waals surface area contributed by atoms with Crippen molar-refractivity contribution < 1.29 is 22.8 Å². The lowest BCUT2D eigenvalue weighted by molar-refractivity contribution is 0.00578. The van der Waals surface area contributed by atoms with Crippen molar-refractivity contribution in [1.29, 1.82) is 0 Å². The summed E-state index contributed by atoms with van der Waals surface area (Å²) in [6.45, 7) is 7.55. The summed E-state index contributed by atoms with van der Waals surface area (Å²) in [4.78, 5) is 0. The van der Waals surface area contributed by atoms with Crippen LogP contribution in [0.25, 0.3) is 0 Å². The maximum absolute atomic E-state index is 12.1.